The predicted octanol–water partition coefficient (Wildman–Crippen LogP) is -0.628. The van der Waals surface area contributed by atoms with Gasteiger partial charge in [-0.25, -0.2) is 0 Å². The predicted molar refractivity (Wildman–Crippen MR) is 47.9 cm³/mol. The van der Waals surface area contributed by atoms with Crippen LogP contribution in [0.3, 0.4) is 0 Å². The van der Waals surface area contributed by atoms with Crippen LogP contribution in [-0.4, -0.2) is 23.2 Å². The third-order valence-electron chi connectivity index (χ3n) is 1.76. The van der Waals surface area contributed by atoms with Gasteiger partial charge in [0.05, 0.1) is 0 Å². The number of hydrogen-bond donors (Lipinski definition) is 3. The van der Waals surface area contributed by atoms with Crippen LogP contribution in [0.4, 0.5) is 0 Å². The van der Waals surface area contributed by atoms with Gasteiger partial charge in [-0.1, -0.05) is 31.2 Å². The summed E-state index contributed by atoms with van der Waals surface area (Å²) in [5.74, 6) is 0. The van der Waals surface area contributed by atoms with Crippen LogP contribution in [0.5, 0.6) is 0 Å². The number of aryl methyl sites for hydroxylation is 1. The molecular weight excluding hydrogens is 172 g/mol. The molecule has 0 radical (unpaired) electrons. The van der Waals surface area contributed by atoms with Crippen molar-refractivity contribution < 1.29 is 14.4 Å². The molecule has 0 atom stereocenters. The molecule has 0 heterocycles. The van der Waals surface area contributed by atoms with E-state index in [0.717, 1.165) is 5.56 Å². The quantitative estimate of drug-likeness (QED) is 0.536. The van der Waals surface area contributed by atoms with E-state index in [1.54, 1.807) is 18.2 Å². The Hall–Kier alpha value is -0.683. The van der Waals surface area contributed by atoms with Crippen molar-refractivity contribution in [1.82, 2.24) is 0 Å². The zero-order chi connectivity index (χ0) is 9.19. The summed E-state index contributed by atoms with van der Waals surface area (Å²) in [6.45, 7) is 1.90. The maximum Gasteiger partial charge on any atom is 0.529 e. The Bertz CT molecular complexity index is 267. The highest BCUT2D eigenvalue weighted by Gasteiger charge is 2.31. The van der Waals surface area contributed by atoms with Gasteiger partial charge in [0.15, 0.2) is 0 Å². The molecule has 0 aliphatic heterocycles. The molecule has 66 valence electrons. The van der Waals surface area contributed by atoms with Crippen molar-refractivity contribution in [3.63, 3.8) is 0 Å². The van der Waals surface area contributed by atoms with E-state index in [1.165, 1.54) is 0 Å². The van der Waals surface area contributed by atoms with Gasteiger partial charge in [0.1, 0.15) is 0 Å². The second kappa shape index (κ2) is 3.36. The highest BCUT2D eigenvalue weighted by atomic mass is 28.4. The van der Waals surface area contributed by atoms with Gasteiger partial charge in [-0.05, 0) is 12.0 Å². The van der Waals surface area contributed by atoms with Gasteiger partial charge >= 0.3 is 8.80 Å². The van der Waals surface area contributed by atoms with Gasteiger partial charge in [0, 0.05) is 5.19 Å². The normalized spacial score (nSPS) is 11.7. The van der Waals surface area contributed by atoms with E-state index in [9.17, 15) is 0 Å². The molecule has 0 aliphatic rings. The van der Waals surface area contributed by atoms with Gasteiger partial charge in [-0.2, -0.15) is 0 Å². The average Bonchev–Trinajstić information content (AvgIpc) is 2.03. The van der Waals surface area contributed by atoms with Gasteiger partial charge in [-0.15, -0.1) is 0 Å². The van der Waals surface area contributed by atoms with Gasteiger partial charge in [0.25, 0.3) is 0 Å². The van der Waals surface area contributed by atoms with Crippen molar-refractivity contribution in [3.8, 4) is 0 Å². The van der Waals surface area contributed by atoms with Crippen LogP contribution in [-0.2, 0) is 6.42 Å². The minimum atomic E-state index is -4.10. The van der Waals surface area contributed by atoms with E-state index in [1.807, 2.05) is 13.0 Å². The summed E-state index contributed by atoms with van der Waals surface area (Å²) >= 11 is 0. The maximum absolute atomic E-state index is 9.05. The minimum Gasteiger partial charge on any atom is -0.386 e. The molecule has 0 spiro atoms. The second-order valence-electron chi connectivity index (χ2n) is 2.65. The molecule has 1 rings (SSSR count). The maximum atomic E-state index is 9.05. The van der Waals surface area contributed by atoms with E-state index in [0.29, 0.717) is 6.42 Å². The van der Waals surface area contributed by atoms with Crippen LogP contribution >= 0.6 is 0 Å². The molecule has 3 nitrogen and oxygen atoms in total. The first kappa shape index (κ1) is 9.41. The Balaban J connectivity index is 3.14. The minimum absolute atomic E-state index is 0.285. The highest BCUT2D eigenvalue weighted by Crippen LogP contribution is 2.00. The fourth-order valence-corrected chi connectivity index (χ4v) is 2.17. The topological polar surface area (TPSA) is 60.7 Å². The van der Waals surface area contributed by atoms with Gasteiger partial charge in [0.2, 0.25) is 0 Å². The van der Waals surface area contributed by atoms with E-state index in [4.69, 9.17) is 14.4 Å². The van der Waals surface area contributed by atoms with Gasteiger partial charge < -0.3 is 14.4 Å². The second-order valence-corrected chi connectivity index (χ2v) is 4.46. The molecule has 4 heteroatoms. The molecule has 12 heavy (non-hydrogen) atoms. The van der Waals surface area contributed by atoms with Gasteiger partial charge in [-0.3, -0.25) is 0 Å². The molecule has 0 aromatic heterocycles. The third kappa shape index (κ3) is 1.92. The van der Waals surface area contributed by atoms with E-state index < -0.39 is 8.80 Å². The largest absolute Gasteiger partial charge is 0.529 e. The molecule has 1 aromatic carbocycles. The molecule has 0 bridgehead atoms. The van der Waals surface area contributed by atoms with E-state index >= 15 is 0 Å². The molecule has 1 aromatic rings. The van der Waals surface area contributed by atoms with Crippen LogP contribution in [0.1, 0.15) is 12.5 Å². The first-order chi connectivity index (χ1) is 5.55. The van der Waals surface area contributed by atoms with Crippen molar-refractivity contribution >= 4 is 14.0 Å². The van der Waals surface area contributed by atoms with Crippen LogP contribution < -0.4 is 5.19 Å². The molecule has 0 fully saturated rings. The fourth-order valence-electron chi connectivity index (χ4n) is 1.16. The molecular formula is C8H12O3Si. The Morgan fingerprint density at radius 2 is 1.75 bits per heavy atom. The number of hydrogen-bond acceptors (Lipinski definition) is 3. The summed E-state index contributed by atoms with van der Waals surface area (Å²) in [5.41, 5.74) is 0.789. The third-order valence-corrected chi connectivity index (χ3v) is 2.97. The van der Waals surface area contributed by atoms with Crippen molar-refractivity contribution in [3.05, 3.63) is 29.8 Å². The lowest BCUT2D eigenvalue weighted by Gasteiger charge is -2.13. The Morgan fingerprint density at radius 1 is 1.17 bits per heavy atom. The summed E-state index contributed by atoms with van der Waals surface area (Å²) in [6, 6.07) is 6.81. The van der Waals surface area contributed by atoms with Crippen LogP contribution in [0, 0.1) is 0 Å². The first-order valence-corrected chi connectivity index (χ1v) is 5.65. The summed E-state index contributed by atoms with van der Waals surface area (Å²) < 4.78 is 0. The fraction of sp³-hybridized carbons (Fsp3) is 0.250. The summed E-state index contributed by atoms with van der Waals surface area (Å²) in [7, 11) is -4.10. The van der Waals surface area contributed by atoms with Crippen molar-refractivity contribution in [1.29, 1.82) is 0 Å². The highest BCUT2D eigenvalue weighted by molar-refractivity contribution is 6.72. The molecule has 0 saturated heterocycles. The summed E-state index contributed by atoms with van der Waals surface area (Å²) in [4.78, 5) is 27.2. The zero-order valence-electron chi connectivity index (χ0n) is 6.86. The van der Waals surface area contributed by atoms with Crippen molar-refractivity contribution in [2.45, 2.75) is 13.3 Å². The van der Waals surface area contributed by atoms with Crippen LogP contribution in [0.2, 0.25) is 0 Å². The van der Waals surface area contributed by atoms with E-state index in [2.05, 4.69) is 0 Å². The average molecular weight is 184 g/mol. The molecule has 0 aliphatic carbocycles. The Morgan fingerprint density at radius 3 is 2.17 bits per heavy atom. The van der Waals surface area contributed by atoms with Crippen molar-refractivity contribution in [2.75, 3.05) is 0 Å². The van der Waals surface area contributed by atoms with Crippen LogP contribution in [0.15, 0.2) is 24.3 Å². The number of benzene rings is 1. The molecule has 0 saturated carbocycles. The zero-order valence-corrected chi connectivity index (χ0v) is 7.86. The monoisotopic (exact) mass is 184 g/mol. The SMILES string of the molecule is CCc1ccccc1[Si](O)(O)O. The van der Waals surface area contributed by atoms with Crippen molar-refractivity contribution in [2.24, 2.45) is 0 Å². The molecule has 0 unspecified atom stereocenters. The summed E-state index contributed by atoms with van der Waals surface area (Å²) in [6.07, 6.45) is 0.687. The molecule has 3 N–H and O–H groups in total. The van der Waals surface area contributed by atoms with E-state index in [-0.39, 0.29) is 5.19 Å². The van der Waals surface area contributed by atoms with Crippen LogP contribution in [0.25, 0.3) is 0 Å². The Labute approximate surface area is 72.3 Å². The smallest absolute Gasteiger partial charge is 0.386 e. The number of rotatable bonds is 2. The standard InChI is InChI=1S/C8H12O3Si/c1-2-7-5-3-4-6-8(7)12(9,10)11/h3-6,9-11H,2H2,1H3. The Kier molecular flexibility index (Phi) is 2.64. The first-order valence-electron chi connectivity index (χ1n) is 3.81. The lowest BCUT2D eigenvalue weighted by Crippen LogP contribution is -2.50. The lowest BCUT2D eigenvalue weighted by atomic mass is 10.2. The molecule has 0 amide bonds. The lowest BCUT2D eigenvalue weighted by molar-refractivity contribution is 0.249. The summed E-state index contributed by atoms with van der Waals surface area (Å²) in [5, 5.41) is 0.285.